The summed E-state index contributed by atoms with van der Waals surface area (Å²) in [4.78, 5) is 2.15. The van der Waals surface area contributed by atoms with E-state index in [2.05, 4.69) is 6.08 Å². The summed E-state index contributed by atoms with van der Waals surface area (Å²) in [7, 11) is -3.37. The number of rotatable bonds is 3. The van der Waals surface area contributed by atoms with Gasteiger partial charge in [-0.1, -0.05) is 11.6 Å². The Labute approximate surface area is 112 Å². The lowest BCUT2D eigenvalue weighted by Crippen LogP contribution is -2.35. The fourth-order valence-corrected chi connectivity index (χ4v) is 5.08. The highest BCUT2D eigenvalue weighted by atomic mass is 32.2. The van der Waals surface area contributed by atoms with Gasteiger partial charge in [0.25, 0.3) is 0 Å². The predicted octanol–water partition coefficient (Wildman–Crippen LogP) is 1.86. The highest BCUT2D eigenvalue weighted by molar-refractivity contribution is 7.89. The Morgan fingerprint density at radius 3 is 2.72 bits per heavy atom. The van der Waals surface area contributed by atoms with Gasteiger partial charge in [0.05, 0.1) is 4.90 Å². The van der Waals surface area contributed by atoms with Gasteiger partial charge in [-0.15, -0.1) is 11.3 Å². The summed E-state index contributed by atoms with van der Waals surface area (Å²) in [5.74, 6) is 0. The SMILES string of the molecule is CC1=CCCN(S(=O)(=O)c2cc(CN)sc2C)C1. The van der Waals surface area contributed by atoms with Gasteiger partial charge in [0.2, 0.25) is 10.0 Å². The van der Waals surface area contributed by atoms with E-state index in [1.165, 1.54) is 11.3 Å². The van der Waals surface area contributed by atoms with Crippen molar-refractivity contribution in [2.45, 2.75) is 31.7 Å². The maximum Gasteiger partial charge on any atom is 0.244 e. The van der Waals surface area contributed by atoms with Gasteiger partial charge in [-0.3, -0.25) is 0 Å². The quantitative estimate of drug-likeness (QED) is 0.863. The van der Waals surface area contributed by atoms with Gasteiger partial charge < -0.3 is 5.73 Å². The maximum absolute atomic E-state index is 12.5. The molecular formula is C12H18N2O2S2. The van der Waals surface area contributed by atoms with Gasteiger partial charge >= 0.3 is 0 Å². The Bertz CT molecular complexity index is 573. The van der Waals surface area contributed by atoms with Crippen LogP contribution < -0.4 is 5.73 Å². The molecule has 1 aliphatic rings. The zero-order valence-corrected chi connectivity index (χ0v) is 12.3. The van der Waals surface area contributed by atoms with Gasteiger partial charge in [-0.2, -0.15) is 4.31 Å². The van der Waals surface area contributed by atoms with Crippen molar-refractivity contribution < 1.29 is 8.42 Å². The first-order valence-corrected chi connectivity index (χ1v) is 8.16. The van der Waals surface area contributed by atoms with Crippen molar-refractivity contribution in [3.63, 3.8) is 0 Å². The van der Waals surface area contributed by atoms with Crippen LogP contribution in [0.5, 0.6) is 0 Å². The summed E-state index contributed by atoms with van der Waals surface area (Å²) in [6.07, 6.45) is 2.88. The molecule has 100 valence electrons. The van der Waals surface area contributed by atoms with E-state index in [1.54, 1.807) is 10.4 Å². The molecule has 18 heavy (non-hydrogen) atoms. The number of aryl methyl sites for hydroxylation is 1. The molecule has 1 aromatic heterocycles. The van der Waals surface area contributed by atoms with Crippen LogP contribution in [0.1, 0.15) is 23.1 Å². The van der Waals surface area contributed by atoms with E-state index in [0.717, 1.165) is 21.7 Å². The summed E-state index contributed by atoms with van der Waals surface area (Å²) in [6.45, 7) is 5.25. The standard InChI is InChI=1S/C12H18N2O2S2/c1-9-4-3-5-14(8-9)18(15,16)12-6-11(7-13)17-10(12)2/h4,6H,3,5,7-8,13H2,1-2H3. The molecule has 0 saturated heterocycles. The average molecular weight is 286 g/mol. The molecular weight excluding hydrogens is 268 g/mol. The lowest BCUT2D eigenvalue weighted by molar-refractivity contribution is 0.428. The number of hydrogen-bond donors (Lipinski definition) is 1. The predicted molar refractivity (Wildman–Crippen MR) is 74.1 cm³/mol. The molecule has 0 aliphatic carbocycles. The minimum atomic E-state index is -3.37. The van der Waals surface area contributed by atoms with Crippen LogP contribution in [0.4, 0.5) is 0 Å². The summed E-state index contributed by atoms with van der Waals surface area (Å²) in [5, 5.41) is 0. The third kappa shape index (κ3) is 2.51. The highest BCUT2D eigenvalue weighted by Crippen LogP contribution is 2.29. The minimum absolute atomic E-state index is 0.389. The molecule has 6 heteroatoms. The number of sulfonamides is 1. The summed E-state index contributed by atoms with van der Waals surface area (Å²) in [5.41, 5.74) is 6.68. The van der Waals surface area contributed by atoms with Crippen LogP contribution in [-0.2, 0) is 16.6 Å². The number of nitrogens with zero attached hydrogens (tertiary/aromatic N) is 1. The molecule has 2 N–H and O–H groups in total. The molecule has 1 aliphatic heterocycles. The monoisotopic (exact) mass is 286 g/mol. The average Bonchev–Trinajstić information content (AvgIpc) is 2.71. The topological polar surface area (TPSA) is 63.4 Å². The second-order valence-corrected chi connectivity index (χ2v) is 7.76. The van der Waals surface area contributed by atoms with E-state index in [1.807, 2.05) is 13.8 Å². The first kappa shape index (κ1) is 13.7. The molecule has 4 nitrogen and oxygen atoms in total. The molecule has 0 radical (unpaired) electrons. The van der Waals surface area contributed by atoms with Crippen molar-refractivity contribution in [1.29, 1.82) is 0 Å². The van der Waals surface area contributed by atoms with Gasteiger partial charge in [-0.25, -0.2) is 8.42 Å². The molecule has 0 unspecified atom stereocenters. The molecule has 2 rings (SSSR count). The van der Waals surface area contributed by atoms with Crippen LogP contribution in [0.2, 0.25) is 0 Å². The van der Waals surface area contributed by atoms with Crippen molar-refractivity contribution >= 4 is 21.4 Å². The molecule has 0 spiro atoms. The Hall–Kier alpha value is -0.690. The normalized spacial score (nSPS) is 17.8. The van der Waals surface area contributed by atoms with Crippen LogP contribution in [0.3, 0.4) is 0 Å². The fraction of sp³-hybridized carbons (Fsp3) is 0.500. The summed E-state index contributed by atoms with van der Waals surface area (Å²) < 4.78 is 26.6. The van der Waals surface area contributed by atoms with E-state index in [9.17, 15) is 8.42 Å². The van der Waals surface area contributed by atoms with Crippen LogP contribution in [-0.4, -0.2) is 25.8 Å². The van der Waals surface area contributed by atoms with Crippen LogP contribution >= 0.6 is 11.3 Å². The van der Waals surface area contributed by atoms with Crippen molar-refractivity contribution in [3.05, 3.63) is 27.5 Å². The van der Waals surface area contributed by atoms with Gasteiger partial charge in [0, 0.05) is 29.4 Å². The number of thiophene rings is 1. The van der Waals surface area contributed by atoms with E-state index in [-0.39, 0.29) is 0 Å². The van der Waals surface area contributed by atoms with E-state index in [0.29, 0.717) is 24.5 Å². The van der Waals surface area contributed by atoms with Crippen LogP contribution in [0.25, 0.3) is 0 Å². The largest absolute Gasteiger partial charge is 0.326 e. The lowest BCUT2D eigenvalue weighted by Gasteiger charge is -2.25. The molecule has 0 fully saturated rings. The Kier molecular flexibility index (Phi) is 3.91. The fourth-order valence-electron chi connectivity index (χ4n) is 2.10. The van der Waals surface area contributed by atoms with Gasteiger partial charge in [-0.05, 0) is 26.3 Å². The first-order valence-electron chi connectivity index (χ1n) is 5.90. The van der Waals surface area contributed by atoms with Crippen molar-refractivity contribution in [2.75, 3.05) is 13.1 Å². The van der Waals surface area contributed by atoms with Crippen molar-refractivity contribution in [1.82, 2.24) is 4.31 Å². The van der Waals surface area contributed by atoms with Gasteiger partial charge in [0.1, 0.15) is 0 Å². The second-order valence-electron chi connectivity index (χ2n) is 4.52. The molecule has 2 heterocycles. The highest BCUT2D eigenvalue weighted by Gasteiger charge is 2.28. The Morgan fingerprint density at radius 1 is 1.44 bits per heavy atom. The second kappa shape index (κ2) is 5.13. The summed E-state index contributed by atoms with van der Waals surface area (Å²) in [6, 6.07) is 1.71. The van der Waals surface area contributed by atoms with Crippen molar-refractivity contribution in [3.8, 4) is 0 Å². The molecule has 0 bridgehead atoms. The number of hydrogen-bond acceptors (Lipinski definition) is 4. The van der Waals surface area contributed by atoms with Gasteiger partial charge in [0.15, 0.2) is 0 Å². The van der Waals surface area contributed by atoms with Crippen LogP contribution in [0, 0.1) is 6.92 Å². The lowest BCUT2D eigenvalue weighted by atomic mass is 10.2. The van der Waals surface area contributed by atoms with E-state index in [4.69, 9.17) is 5.73 Å². The molecule has 1 aromatic rings. The Balaban J connectivity index is 2.36. The zero-order valence-electron chi connectivity index (χ0n) is 10.6. The maximum atomic E-state index is 12.5. The third-order valence-electron chi connectivity index (χ3n) is 3.04. The minimum Gasteiger partial charge on any atom is -0.326 e. The third-order valence-corrected chi connectivity index (χ3v) is 6.21. The smallest absolute Gasteiger partial charge is 0.244 e. The molecule has 0 aromatic carbocycles. The molecule has 0 atom stereocenters. The molecule has 0 saturated carbocycles. The van der Waals surface area contributed by atoms with Crippen LogP contribution in [0.15, 0.2) is 22.6 Å². The Morgan fingerprint density at radius 2 is 2.17 bits per heavy atom. The van der Waals surface area contributed by atoms with Crippen molar-refractivity contribution in [2.24, 2.45) is 5.73 Å². The first-order chi connectivity index (χ1) is 8.45. The molecule has 0 amide bonds. The number of nitrogens with two attached hydrogens (primary N) is 1. The van der Waals surface area contributed by atoms with E-state index >= 15 is 0 Å². The zero-order chi connectivity index (χ0) is 13.3. The summed E-state index contributed by atoms with van der Waals surface area (Å²) >= 11 is 1.46. The van der Waals surface area contributed by atoms with E-state index < -0.39 is 10.0 Å².